The second-order valence-corrected chi connectivity index (χ2v) is 5.34. The predicted octanol–water partition coefficient (Wildman–Crippen LogP) is 2.97. The van der Waals surface area contributed by atoms with Gasteiger partial charge in [0.25, 0.3) is 0 Å². The third kappa shape index (κ3) is 1.32. The second-order valence-electron chi connectivity index (χ2n) is 5.34. The SMILES string of the molecule is C[C@H]1CCC[C@@H]2CCC[C@H](O)[C@@]21C. The van der Waals surface area contributed by atoms with Crippen LogP contribution in [0.2, 0.25) is 0 Å². The maximum absolute atomic E-state index is 10.1. The van der Waals surface area contributed by atoms with Gasteiger partial charge in [0.05, 0.1) is 6.10 Å². The summed E-state index contributed by atoms with van der Waals surface area (Å²) in [5, 5.41) is 10.1. The molecule has 2 fully saturated rings. The van der Waals surface area contributed by atoms with Gasteiger partial charge in [0.2, 0.25) is 0 Å². The van der Waals surface area contributed by atoms with Gasteiger partial charge in [-0.3, -0.25) is 0 Å². The highest BCUT2D eigenvalue weighted by atomic mass is 16.3. The summed E-state index contributed by atoms with van der Waals surface area (Å²) >= 11 is 0. The number of hydrogen-bond acceptors (Lipinski definition) is 1. The molecule has 0 amide bonds. The first-order valence-corrected chi connectivity index (χ1v) is 5.83. The molecule has 1 heteroatoms. The van der Waals surface area contributed by atoms with Crippen LogP contribution < -0.4 is 0 Å². The van der Waals surface area contributed by atoms with Crippen molar-refractivity contribution in [2.24, 2.45) is 17.3 Å². The van der Waals surface area contributed by atoms with E-state index in [0.29, 0.717) is 0 Å². The lowest BCUT2D eigenvalue weighted by Gasteiger charge is -2.52. The highest BCUT2D eigenvalue weighted by Gasteiger charge is 2.48. The monoisotopic (exact) mass is 182 g/mol. The molecule has 76 valence electrons. The summed E-state index contributed by atoms with van der Waals surface area (Å²) in [7, 11) is 0. The number of fused-ring (bicyclic) bond motifs is 1. The Morgan fingerprint density at radius 2 is 1.69 bits per heavy atom. The van der Waals surface area contributed by atoms with Crippen molar-refractivity contribution in [2.75, 3.05) is 0 Å². The minimum atomic E-state index is -0.0263. The Kier molecular flexibility index (Phi) is 2.39. The lowest BCUT2D eigenvalue weighted by Crippen LogP contribution is -2.49. The van der Waals surface area contributed by atoms with Gasteiger partial charge in [0.1, 0.15) is 0 Å². The summed E-state index contributed by atoms with van der Waals surface area (Å²) in [4.78, 5) is 0. The summed E-state index contributed by atoms with van der Waals surface area (Å²) in [6.07, 6.45) is 7.68. The number of hydrogen-bond donors (Lipinski definition) is 1. The number of aliphatic hydroxyl groups is 1. The van der Waals surface area contributed by atoms with E-state index in [1.54, 1.807) is 0 Å². The molecule has 2 rings (SSSR count). The minimum Gasteiger partial charge on any atom is -0.393 e. The van der Waals surface area contributed by atoms with Crippen molar-refractivity contribution in [1.29, 1.82) is 0 Å². The fourth-order valence-corrected chi connectivity index (χ4v) is 3.62. The van der Waals surface area contributed by atoms with Crippen molar-refractivity contribution < 1.29 is 5.11 Å². The van der Waals surface area contributed by atoms with Crippen LogP contribution in [0.1, 0.15) is 52.4 Å². The zero-order chi connectivity index (χ0) is 9.47. The Bertz CT molecular complexity index is 172. The first-order chi connectivity index (χ1) is 6.15. The number of aliphatic hydroxyl groups excluding tert-OH is 1. The largest absolute Gasteiger partial charge is 0.393 e. The Balaban J connectivity index is 2.22. The van der Waals surface area contributed by atoms with Crippen LogP contribution in [0.4, 0.5) is 0 Å². The van der Waals surface area contributed by atoms with Gasteiger partial charge >= 0.3 is 0 Å². The molecule has 2 saturated carbocycles. The van der Waals surface area contributed by atoms with Crippen molar-refractivity contribution >= 4 is 0 Å². The van der Waals surface area contributed by atoms with E-state index in [1.165, 1.54) is 32.1 Å². The van der Waals surface area contributed by atoms with Crippen LogP contribution in [-0.4, -0.2) is 11.2 Å². The molecule has 1 nitrogen and oxygen atoms in total. The van der Waals surface area contributed by atoms with E-state index < -0.39 is 0 Å². The summed E-state index contributed by atoms with van der Waals surface area (Å²) in [5.74, 6) is 1.53. The van der Waals surface area contributed by atoms with Crippen LogP contribution in [0.25, 0.3) is 0 Å². The quantitative estimate of drug-likeness (QED) is 0.610. The lowest BCUT2D eigenvalue weighted by molar-refractivity contribution is -0.0979. The van der Waals surface area contributed by atoms with Gasteiger partial charge in [-0.2, -0.15) is 0 Å². The molecule has 2 aliphatic rings. The van der Waals surface area contributed by atoms with Gasteiger partial charge < -0.3 is 5.11 Å². The molecule has 2 aliphatic carbocycles. The summed E-state index contributed by atoms with van der Waals surface area (Å²) in [6, 6.07) is 0. The Hall–Kier alpha value is -0.0400. The van der Waals surface area contributed by atoms with Crippen LogP contribution in [0.3, 0.4) is 0 Å². The predicted molar refractivity (Wildman–Crippen MR) is 54.5 cm³/mol. The topological polar surface area (TPSA) is 20.2 Å². The van der Waals surface area contributed by atoms with E-state index in [2.05, 4.69) is 13.8 Å². The van der Waals surface area contributed by atoms with Gasteiger partial charge in [-0.1, -0.05) is 33.1 Å². The van der Waals surface area contributed by atoms with Crippen molar-refractivity contribution in [1.82, 2.24) is 0 Å². The number of rotatable bonds is 0. The van der Waals surface area contributed by atoms with Crippen LogP contribution in [0.15, 0.2) is 0 Å². The molecule has 0 heterocycles. The highest BCUT2D eigenvalue weighted by Crippen LogP contribution is 2.53. The van der Waals surface area contributed by atoms with Crippen molar-refractivity contribution in [3.05, 3.63) is 0 Å². The normalized spacial score (nSPS) is 51.5. The van der Waals surface area contributed by atoms with Gasteiger partial charge in [0, 0.05) is 0 Å². The van der Waals surface area contributed by atoms with Crippen LogP contribution in [-0.2, 0) is 0 Å². The molecule has 0 unspecified atom stereocenters. The average molecular weight is 182 g/mol. The maximum atomic E-state index is 10.1. The zero-order valence-electron chi connectivity index (χ0n) is 8.92. The van der Waals surface area contributed by atoms with Gasteiger partial charge in [-0.15, -0.1) is 0 Å². The molecule has 0 saturated heterocycles. The Morgan fingerprint density at radius 3 is 2.31 bits per heavy atom. The van der Waals surface area contributed by atoms with Gasteiger partial charge in [-0.05, 0) is 36.5 Å². The van der Waals surface area contributed by atoms with E-state index in [1.807, 2.05) is 0 Å². The van der Waals surface area contributed by atoms with E-state index in [9.17, 15) is 5.11 Å². The summed E-state index contributed by atoms with van der Waals surface area (Å²) in [6.45, 7) is 4.66. The standard InChI is InChI=1S/C12H22O/c1-9-5-3-6-10-7-4-8-11(13)12(9,10)2/h9-11,13H,3-8H2,1-2H3/t9-,10+,11-,12+/m0/s1. The maximum Gasteiger partial charge on any atom is 0.0599 e. The van der Waals surface area contributed by atoms with E-state index in [0.717, 1.165) is 18.3 Å². The molecule has 0 aromatic heterocycles. The minimum absolute atomic E-state index is 0.0263. The lowest BCUT2D eigenvalue weighted by atomic mass is 9.55. The van der Waals surface area contributed by atoms with Crippen molar-refractivity contribution in [3.8, 4) is 0 Å². The van der Waals surface area contributed by atoms with E-state index >= 15 is 0 Å². The second kappa shape index (κ2) is 3.27. The first-order valence-electron chi connectivity index (χ1n) is 5.83. The van der Waals surface area contributed by atoms with Crippen molar-refractivity contribution in [2.45, 2.75) is 58.5 Å². The van der Waals surface area contributed by atoms with Gasteiger partial charge in [-0.25, -0.2) is 0 Å². The third-order valence-electron chi connectivity index (χ3n) is 4.88. The van der Waals surface area contributed by atoms with Crippen molar-refractivity contribution in [3.63, 3.8) is 0 Å². The Morgan fingerprint density at radius 1 is 1.08 bits per heavy atom. The first kappa shape index (κ1) is 9.51. The fourth-order valence-electron chi connectivity index (χ4n) is 3.62. The van der Waals surface area contributed by atoms with Crippen LogP contribution >= 0.6 is 0 Å². The van der Waals surface area contributed by atoms with Gasteiger partial charge in [0.15, 0.2) is 0 Å². The van der Waals surface area contributed by atoms with Crippen LogP contribution in [0, 0.1) is 17.3 Å². The molecule has 4 atom stereocenters. The summed E-state index contributed by atoms with van der Waals surface area (Å²) in [5.41, 5.74) is 0.247. The smallest absolute Gasteiger partial charge is 0.0599 e. The molecule has 0 aliphatic heterocycles. The molecule has 0 aromatic carbocycles. The third-order valence-corrected chi connectivity index (χ3v) is 4.88. The average Bonchev–Trinajstić information content (AvgIpc) is 2.10. The summed E-state index contributed by atoms with van der Waals surface area (Å²) < 4.78 is 0. The zero-order valence-corrected chi connectivity index (χ0v) is 8.92. The molecule has 0 aromatic rings. The highest BCUT2D eigenvalue weighted by molar-refractivity contribution is 4.98. The molecular weight excluding hydrogens is 160 g/mol. The molecule has 13 heavy (non-hydrogen) atoms. The molecule has 1 N–H and O–H groups in total. The fraction of sp³-hybridized carbons (Fsp3) is 1.00. The van der Waals surface area contributed by atoms with Crippen LogP contribution in [0.5, 0.6) is 0 Å². The Labute approximate surface area is 81.5 Å². The molecule has 0 radical (unpaired) electrons. The van der Waals surface area contributed by atoms with E-state index in [4.69, 9.17) is 0 Å². The molecular formula is C12H22O. The molecule has 0 bridgehead atoms. The van der Waals surface area contributed by atoms with E-state index in [-0.39, 0.29) is 11.5 Å². The molecule has 0 spiro atoms.